The third-order valence-electron chi connectivity index (χ3n) is 0. The van der Waals surface area contributed by atoms with Crippen molar-refractivity contribution in [1.82, 2.24) is 0 Å². The minimum atomic E-state index is -2.61. The van der Waals surface area contributed by atoms with E-state index in [1.807, 2.05) is 0 Å². The Morgan fingerprint density at radius 3 is 1.33 bits per heavy atom. The molecule has 0 aliphatic heterocycles. The van der Waals surface area contributed by atoms with Gasteiger partial charge in [0.25, 0.3) is 11.4 Å². The van der Waals surface area contributed by atoms with E-state index in [1.54, 1.807) is 0 Å². The molecule has 0 aliphatic carbocycles. The van der Waals surface area contributed by atoms with E-state index in [1.165, 1.54) is 0 Å². The zero-order valence-corrected chi connectivity index (χ0v) is 4.03. The molecule has 0 aromatic heterocycles. The molecule has 0 fully saturated rings. The third-order valence-corrected chi connectivity index (χ3v) is 0. The second-order valence-corrected chi connectivity index (χ2v) is 0.692. The van der Waals surface area contributed by atoms with Crippen LogP contribution >= 0.6 is 13.5 Å². The van der Waals surface area contributed by atoms with Crippen molar-refractivity contribution in [2.75, 3.05) is 0 Å². The zero-order valence-electron chi connectivity index (χ0n) is 2.21. The van der Waals surface area contributed by atoms with Crippen LogP contribution in [-0.4, -0.2) is 42.9 Å². The van der Waals surface area contributed by atoms with Crippen LogP contribution in [0.3, 0.4) is 0 Å². The van der Waals surface area contributed by atoms with Crippen molar-refractivity contribution in [3.05, 3.63) is 0 Å². The van der Waals surface area contributed by atoms with Crippen molar-refractivity contribution in [3.8, 4) is 0 Å². The molecule has 0 bridgehead atoms. The summed E-state index contributed by atoms with van der Waals surface area (Å²) in [7, 11) is 0. The van der Waals surface area contributed by atoms with Gasteiger partial charge >= 0.3 is 29.6 Å². The fourth-order valence-corrected chi connectivity index (χ4v) is 0. The summed E-state index contributed by atoms with van der Waals surface area (Å²) in [5.41, 5.74) is 0. The van der Waals surface area contributed by atoms with Gasteiger partial charge < -0.3 is 0 Å². The maximum atomic E-state index is 8.67. The van der Waals surface area contributed by atoms with Crippen molar-refractivity contribution in [3.63, 3.8) is 0 Å². The quantitative estimate of drug-likeness (QED) is 0.340. The van der Waals surface area contributed by atoms with Gasteiger partial charge in [-0.1, -0.05) is 0 Å². The van der Waals surface area contributed by atoms with Gasteiger partial charge in [0, 0.05) is 0 Å². The van der Waals surface area contributed by atoms with Crippen molar-refractivity contribution < 1.29 is 13.3 Å². The molecule has 6 heavy (non-hydrogen) atoms. The number of hydrogen-bond donors (Lipinski definition) is 2. The summed E-state index contributed by atoms with van der Waals surface area (Å²) in [6, 6.07) is 0. The molecule has 3 nitrogen and oxygen atoms in total. The number of hydrogen-bond acceptors (Lipinski definition) is 1. The average Bonchev–Trinajstić information content (AvgIpc) is 0.811. The Hall–Kier alpha value is 1.42. The van der Waals surface area contributed by atoms with Crippen LogP contribution in [0.1, 0.15) is 0 Å². The van der Waals surface area contributed by atoms with E-state index < -0.39 is 11.4 Å². The second kappa shape index (κ2) is 9.65. The first kappa shape index (κ1) is 15.7. The summed E-state index contributed by atoms with van der Waals surface area (Å²) in [6.45, 7) is 0. The minimum absolute atomic E-state index is 0. The normalized spacial score (nSPS) is 5.83. The first-order valence-corrected chi connectivity index (χ1v) is 1.60. The Bertz CT molecular complexity index is 31.8. The van der Waals surface area contributed by atoms with Crippen molar-refractivity contribution in [2.24, 2.45) is 0 Å². The van der Waals surface area contributed by atoms with Gasteiger partial charge in [0.1, 0.15) is 0 Å². The molecule has 0 atom stereocenters. The van der Waals surface area contributed by atoms with Crippen LogP contribution < -0.4 is 0 Å². The summed E-state index contributed by atoms with van der Waals surface area (Å²) in [6.07, 6.45) is 0. The van der Waals surface area contributed by atoms with E-state index in [0.717, 1.165) is 0 Å². The topological polar surface area (TPSA) is 57.5 Å². The molecule has 6 heteroatoms. The van der Waals surface area contributed by atoms with Crippen molar-refractivity contribution >= 4 is 54.4 Å². The van der Waals surface area contributed by atoms with Gasteiger partial charge in [-0.3, -0.25) is 9.11 Å². The van der Waals surface area contributed by atoms with E-state index in [-0.39, 0.29) is 43.1 Å². The summed E-state index contributed by atoms with van der Waals surface area (Å²) < 4.78 is 22.8. The Kier molecular flexibility index (Phi) is 25.2. The Balaban J connectivity index is -0.0000000450. The molecular weight excluding hydrogens is 135 g/mol. The molecule has 2 N–H and O–H groups in total. The van der Waals surface area contributed by atoms with E-state index in [2.05, 4.69) is 0 Å². The Labute approximate surface area is 67.4 Å². The molecule has 0 heterocycles. The van der Waals surface area contributed by atoms with Crippen LogP contribution in [0.25, 0.3) is 0 Å². The van der Waals surface area contributed by atoms with Gasteiger partial charge in [-0.15, -0.1) is 0 Å². The fourth-order valence-electron chi connectivity index (χ4n) is 0. The van der Waals surface area contributed by atoms with E-state index in [9.17, 15) is 0 Å². The monoisotopic (exact) mass is 140 g/mol. The van der Waals surface area contributed by atoms with Crippen LogP contribution in [-0.2, 0) is 11.4 Å². The van der Waals surface area contributed by atoms with Gasteiger partial charge in [-0.2, -0.15) is 17.7 Å². The third kappa shape index (κ3) is 52.5. The molecule has 0 saturated heterocycles. The van der Waals surface area contributed by atoms with Gasteiger partial charge in [0.2, 0.25) is 0 Å². The molecule has 0 saturated carbocycles. The molecule has 0 radical (unpaired) electrons. The Morgan fingerprint density at radius 2 is 1.33 bits per heavy atom. The molecular formula is H5NaO3S2. The predicted molar refractivity (Wildman–Crippen MR) is 30.9 cm³/mol. The maximum absolute atomic E-state index is 8.67. The van der Waals surface area contributed by atoms with Crippen molar-refractivity contribution in [2.45, 2.75) is 0 Å². The van der Waals surface area contributed by atoms with Crippen molar-refractivity contribution in [1.29, 1.82) is 0 Å². The van der Waals surface area contributed by atoms with Gasteiger partial charge in [-0.05, 0) is 0 Å². The SMILES string of the molecule is O=S(O)O.S.[NaH]. The molecule has 0 unspecified atom stereocenters. The molecule has 36 valence electrons. The van der Waals surface area contributed by atoms with E-state index in [4.69, 9.17) is 13.3 Å². The summed E-state index contributed by atoms with van der Waals surface area (Å²) >= 11 is -2.61. The van der Waals surface area contributed by atoms with Crippen LogP contribution in [0, 0.1) is 0 Å². The van der Waals surface area contributed by atoms with Gasteiger partial charge in [-0.25, -0.2) is 0 Å². The fraction of sp³-hybridized carbons (Fsp3) is 0. The van der Waals surface area contributed by atoms with Crippen LogP contribution in [0.15, 0.2) is 0 Å². The molecule has 0 aliphatic rings. The molecule has 0 amide bonds. The number of rotatable bonds is 0. The first-order chi connectivity index (χ1) is 1.73. The first-order valence-electron chi connectivity index (χ1n) is 0.532. The molecule has 0 rings (SSSR count). The molecule has 0 aromatic rings. The van der Waals surface area contributed by atoms with E-state index in [0.29, 0.717) is 0 Å². The van der Waals surface area contributed by atoms with Crippen LogP contribution in [0.2, 0.25) is 0 Å². The summed E-state index contributed by atoms with van der Waals surface area (Å²) in [5.74, 6) is 0. The van der Waals surface area contributed by atoms with Crippen LogP contribution in [0.5, 0.6) is 0 Å². The Morgan fingerprint density at radius 1 is 1.33 bits per heavy atom. The van der Waals surface area contributed by atoms with Gasteiger partial charge in [0.05, 0.1) is 0 Å². The van der Waals surface area contributed by atoms with Crippen LogP contribution in [0.4, 0.5) is 0 Å². The van der Waals surface area contributed by atoms with E-state index >= 15 is 0 Å². The summed E-state index contributed by atoms with van der Waals surface area (Å²) in [4.78, 5) is 0. The predicted octanol–water partition coefficient (Wildman–Crippen LogP) is -0.855. The average molecular weight is 140 g/mol. The van der Waals surface area contributed by atoms with Gasteiger partial charge in [0.15, 0.2) is 0 Å². The molecule has 0 spiro atoms. The summed E-state index contributed by atoms with van der Waals surface area (Å²) in [5, 5.41) is 0. The molecule has 0 aromatic carbocycles. The second-order valence-electron chi connectivity index (χ2n) is 0.231. The standard InChI is InChI=1S/Na.H2O3S.H2S.H/c;1-4(2)3;;/h;(H2,1,2,3);1H2;. The zero-order chi connectivity index (χ0) is 3.58.